The summed E-state index contributed by atoms with van der Waals surface area (Å²) < 4.78 is 38.0. The Kier molecular flexibility index (Phi) is 8.60. The standard InChI is InChI=1S/C18H22O5S.Na/c1-3-13(2)15-6-4-14(5-7-15)12-23-17-10-8-16(9-11-17)18(19)24(20,21)22;/h4-11,13,18-19H,3,12H2,1-2H3,(H,20,21,22);/q;+1/p-1. The first-order chi connectivity index (χ1) is 11.3. The van der Waals surface area contributed by atoms with Gasteiger partial charge < -0.3 is 14.4 Å². The summed E-state index contributed by atoms with van der Waals surface area (Å²) in [5, 5.41) is 9.41. The van der Waals surface area contributed by atoms with Crippen LogP contribution in [0.15, 0.2) is 48.5 Å². The maximum atomic E-state index is 10.8. The van der Waals surface area contributed by atoms with E-state index in [1.807, 2.05) is 12.1 Å². The topological polar surface area (TPSA) is 86.7 Å². The van der Waals surface area contributed by atoms with Gasteiger partial charge in [-0.25, -0.2) is 8.42 Å². The Hall–Kier alpha value is -0.890. The summed E-state index contributed by atoms with van der Waals surface area (Å²) in [4.78, 5) is 0. The van der Waals surface area contributed by atoms with Gasteiger partial charge in [0, 0.05) is 0 Å². The van der Waals surface area contributed by atoms with Crippen LogP contribution in [0.2, 0.25) is 0 Å². The fraction of sp³-hybridized carbons (Fsp3) is 0.333. The van der Waals surface area contributed by atoms with Crippen LogP contribution in [0.1, 0.15) is 48.3 Å². The summed E-state index contributed by atoms with van der Waals surface area (Å²) in [6.07, 6.45) is 1.09. The maximum Gasteiger partial charge on any atom is 1.00 e. The Morgan fingerprint density at radius 3 is 2.04 bits per heavy atom. The van der Waals surface area contributed by atoms with Gasteiger partial charge in [0.25, 0.3) is 0 Å². The summed E-state index contributed by atoms with van der Waals surface area (Å²) in [5.41, 5.74) is 0.279. The molecule has 0 saturated carbocycles. The number of hydrogen-bond donors (Lipinski definition) is 1. The van der Waals surface area contributed by atoms with E-state index in [0.717, 1.165) is 12.0 Å². The van der Waals surface area contributed by atoms with Crippen molar-refractivity contribution in [1.29, 1.82) is 0 Å². The number of hydrogen-bond acceptors (Lipinski definition) is 5. The van der Waals surface area contributed by atoms with Crippen LogP contribution < -0.4 is 34.3 Å². The van der Waals surface area contributed by atoms with E-state index in [0.29, 0.717) is 18.3 Å². The number of aliphatic hydroxyl groups excluding tert-OH is 1. The smallest absolute Gasteiger partial charge is 0.746 e. The molecule has 2 rings (SSSR count). The van der Waals surface area contributed by atoms with Crippen LogP contribution in [0, 0.1) is 0 Å². The Labute approximate surface area is 171 Å². The second-order valence-corrected chi connectivity index (χ2v) is 7.19. The molecule has 0 aliphatic carbocycles. The summed E-state index contributed by atoms with van der Waals surface area (Å²) >= 11 is 0. The van der Waals surface area contributed by atoms with Gasteiger partial charge in [-0.2, -0.15) is 0 Å². The number of aliphatic hydroxyl groups is 1. The Balaban J connectivity index is 0.00000312. The van der Waals surface area contributed by atoms with E-state index >= 15 is 0 Å². The van der Waals surface area contributed by atoms with E-state index in [2.05, 4.69) is 26.0 Å². The van der Waals surface area contributed by atoms with Crippen LogP contribution in [0.4, 0.5) is 0 Å². The zero-order valence-corrected chi connectivity index (χ0v) is 17.5. The van der Waals surface area contributed by atoms with Crippen LogP contribution >= 0.6 is 0 Å². The maximum absolute atomic E-state index is 10.8. The summed E-state index contributed by atoms with van der Waals surface area (Å²) in [7, 11) is -4.77. The van der Waals surface area contributed by atoms with Crippen molar-refractivity contribution in [3.05, 3.63) is 65.2 Å². The van der Waals surface area contributed by atoms with Gasteiger partial charge in [0.2, 0.25) is 0 Å². The molecule has 25 heavy (non-hydrogen) atoms. The fourth-order valence-corrected chi connectivity index (χ4v) is 2.73. The molecule has 2 unspecified atom stereocenters. The first-order valence-corrected chi connectivity index (χ1v) is 9.22. The second-order valence-electron chi connectivity index (χ2n) is 5.75. The molecule has 1 N–H and O–H groups in total. The molecule has 2 aromatic carbocycles. The summed E-state index contributed by atoms with van der Waals surface area (Å²) in [6.45, 7) is 4.71. The van der Waals surface area contributed by atoms with E-state index in [9.17, 15) is 18.1 Å². The quantitative estimate of drug-likeness (QED) is 0.559. The van der Waals surface area contributed by atoms with E-state index < -0.39 is 15.6 Å². The predicted molar refractivity (Wildman–Crippen MR) is 90.6 cm³/mol. The number of ether oxygens (including phenoxy) is 1. The van der Waals surface area contributed by atoms with E-state index in [1.54, 1.807) is 0 Å². The van der Waals surface area contributed by atoms with Gasteiger partial charge in [0.1, 0.15) is 22.5 Å². The molecular weight excluding hydrogens is 351 g/mol. The first-order valence-electron chi connectivity index (χ1n) is 7.75. The first kappa shape index (κ1) is 22.2. The molecule has 2 aromatic rings. The second kappa shape index (κ2) is 9.71. The van der Waals surface area contributed by atoms with Gasteiger partial charge in [-0.1, -0.05) is 50.2 Å². The average molecular weight is 372 g/mol. The molecule has 0 bridgehead atoms. The summed E-state index contributed by atoms with van der Waals surface area (Å²) in [5.74, 6) is 1.05. The molecule has 0 aliphatic rings. The molecule has 0 aromatic heterocycles. The van der Waals surface area contributed by atoms with Crippen molar-refractivity contribution in [1.82, 2.24) is 0 Å². The molecule has 7 heteroatoms. The molecule has 2 atom stereocenters. The van der Waals surface area contributed by atoms with Crippen molar-refractivity contribution in [2.24, 2.45) is 0 Å². The fourth-order valence-electron chi connectivity index (χ4n) is 2.24. The third-order valence-electron chi connectivity index (χ3n) is 4.01. The molecule has 0 radical (unpaired) electrons. The van der Waals surface area contributed by atoms with Crippen molar-refractivity contribution < 1.29 is 52.4 Å². The van der Waals surface area contributed by atoms with Crippen molar-refractivity contribution in [3.8, 4) is 5.75 Å². The Bertz CT molecular complexity index is 757. The van der Waals surface area contributed by atoms with E-state index in [-0.39, 0.29) is 35.1 Å². The molecule has 0 aliphatic heterocycles. The van der Waals surface area contributed by atoms with Crippen LogP contribution in [0.25, 0.3) is 0 Å². The minimum absolute atomic E-state index is 0. The van der Waals surface area contributed by atoms with E-state index in [4.69, 9.17) is 4.74 Å². The molecule has 130 valence electrons. The zero-order valence-electron chi connectivity index (χ0n) is 14.7. The number of benzene rings is 2. The third-order valence-corrected chi connectivity index (χ3v) is 4.82. The molecule has 0 spiro atoms. The van der Waals surface area contributed by atoms with E-state index in [1.165, 1.54) is 29.8 Å². The summed E-state index contributed by atoms with van der Waals surface area (Å²) in [6, 6.07) is 14.0. The predicted octanol–water partition coefficient (Wildman–Crippen LogP) is 0.319. The Morgan fingerprint density at radius 1 is 1.04 bits per heavy atom. The molecule has 5 nitrogen and oxygen atoms in total. The van der Waals surface area contributed by atoms with Crippen molar-refractivity contribution >= 4 is 10.1 Å². The van der Waals surface area contributed by atoms with Crippen molar-refractivity contribution in [2.45, 2.75) is 38.2 Å². The Morgan fingerprint density at radius 2 is 1.56 bits per heavy atom. The van der Waals surface area contributed by atoms with Crippen LogP contribution in [-0.4, -0.2) is 18.1 Å². The zero-order chi connectivity index (χ0) is 17.7. The molecule has 0 saturated heterocycles. The molecular formula is C18H21NaO5S. The minimum atomic E-state index is -4.77. The van der Waals surface area contributed by atoms with Gasteiger partial charge in [0.15, 0.2) is 5.44 Å². The third kappa shape index (κ3) is 6.40. The van der Waals surface area contributed by atoms with Crippen molar-refractivity contribution in [3.63, 3.8) is 0 Å². The van der Waals surface area contributed by atoms with Crippen molar-refractivity contribution in [2.75, 3.05) is 0 Å². The SMILES string of the molecule is CCC(C)c1ccc(COc2ccc(C(O)S(=O)(=O)[O-])cc2)cc1.[Na+]. The molecule has 0 heterocycles. The van der Waals surface area contributed by atoms with Gasteiger partial charge in [-0.15, -0.1) is 0 Å². The average Bonchev–Trinajstić information content (AvgIpc) is 2.58. The van der Waals surface area contributed by atoms with Gasteiger partial charge >= 0.3 is 29.6 Å². The van der Waals surface area contributed by atoms with Gasteiger partial charge in [-0.3, -0.25) is 0 Å². The van der Waals surface area contributed by atoms with Gasteiger partial charge in [0.05, 0.1) is 0 Å². The molecule has 0 amide bonds. The largest absolute Gasteiger partial charge is 1.00 e. The van der Waals surface area contributed by atoms with Gasteiger partial charge in [-0.05, 0) is 41.2 Å². The number of rotatable bonds is 7. The monoisotopic (exact) mass is 372 g/mol. The van der Waals surface area contributed by atoms with Crippen LogP contribution in [0.5, 0.6) is 5.75 Å². The minimum Gasteiger partial charge on any atom is -0.746 e. The van der Waals surface area contributed by atoms with Crippen LogP contribution in [0.3, 0.4) is 0 Å². The van der Waals surface area contributed by atoms with Crippen LogP contribution in [-0.2, 0) is 16.7 Å². The normalized spacial score (nSPS) is 13.6. The molecule has 0 fully saturated rings.